The monoisotopic (exact) mass is 327 g/mol. The predicted molar refractivity (Wildman–Crippen MR) is 89.4 cm³/mol. The lowest BCUT2D eigenvalue weighted by Gasteiger charge is -2.03. The normalized spacial score (nSPS) is 11.2. The van der Waals surface area contributed by atoms with Gasteiger partial charge in [-0.1, -0.05) is 12.1 Å². The lowest BCUT2D eigenvalue weighted by atomic mass is 10.1. The van der Waals surface area contributed by atoms with Gasteiger partial charge in [-0.25, -0.2) is 9.78 Å². The third-order valence-corrected chi connectivity index (χ3v) is 4.10. The van der Waals surface area contributed by atoms with Crippen molar-refractivity contribution in [1.29, 1.82) is 0 Å². The Balaban J connectivity index is 1.94. The summed E-state index contributed by atoms with van der Waals surface area (Å²) in [4.78, 5) is 28.8. The van der Waals surface area contributed by atoms with Gasteiger partial charge >= 0.3 is 5.97 Å². The first-order valence-corrected chi connectivity index (χ1v) is 7.67. The minimum absolute atomic E-state index is 0.198. The van der Waals surface area contributed by atoms with Crippen molar-refractivity contribution in [2.45, 2.75) is 6.92 Å². The van der Waals surface area contributed by atoms with Crippen LogP contribution < -0.4 is 5.56 Å². The molecule has 0 saturated heterocycles. The molecule has 0 radical (unpaired) electrons. The number of rotatable bonds is 3. The van der Waals surface area contributed by atoms with Crippen LogP contribution >= 0.6 is 11.3 Å². The third-order valence-electron chi connectivity index (χ3n) is 3.29. The summed E-state index contributed by atoms with van der Waals surface area (Å²) in [6.07, 6.45) is 1.55. The number of fused-ring (bicyclic) bond motifs is 1. The van der Waals surface area contributed by atoms with E-state index in [9.17, 15) is 9.59 Å². The van der Waals surface area contributed by atoms with Gasteiger partial charge in [0.05, 0.1) is 24.3 Å². The fourth-order valence-corrected chi connectivity index (χ4v) is 2.89. The molecule has 0 aliphatic rings. The van der Waals surface area contributed by atoms with Crippen molar-refractivity contribution in [3.63, 3.8) is 0 Å². The molecule has 0 amide bonds. The molecule has 0 N–H and O–H groups in total. The molecule has 0 bridgehead atoms. The SMILES string of the molecule is COC(=O)c1ccc(/C=N\n2c(C)nc3sccc3c2=O)cc1. The highest BCUT2D eigenvalue weighted by Crippen LogP contribution is 2.14. The van der Waals surface area contributed by atoms with Crippen molar-refractivity contribution in [3.8, 4) is 0 Å². The molecular formula is C16H13N3O3S. The fourth-order valence-electron chi connectivity index (χ4n) is 2.09. The number of ether oxygens (including phenoxy) is 1. The minimum atomic E-state index is -0.396. The number of hydrogen-bond donors (Lipinski definition) is 0. The van der Waals surface area contributed by atoms with Gasteiger partial charge in [0, 0.05) is 0 Å². The molecule has 0 aliphatic heterocycles. The highest BCUT2D eigenvalue weighted by atomic mass is 32.1. The number of aromatic nitrogens is 2. The number of aryl methyl sites for hydroxylation is 1. The summed E-state index contributed by atoms with van der Waals surface area (Å²) in [7, 11) is 1.33. The van der Waals surface area contributed by atoms with Crippen LogP contribution in [0.5, 0.6) is 0 Å². The van der Waals surface area contributed by atoms with Crippen molar-refractivity contribution in [3.05, 3.63) is 63.0 Å². The van der Waals surface area contributed by atoms with Crippen LogP contribution in [0.25, 0.3) is 10.2 Å². The molecule has 116 valence electrons. The lowest BCUT2D eigenvalue weighted by molar-refractivity contribution is 0.0600. The number of carbonyl (C=O) groups is 1. The summed E-state index contributed by atoms with van der Waals surface area (Å²) in [5.41, 5.74) is 1.02. The van der Waals surface area contributed by atoms with Gasteiger partial charge in [-0.3, -0.25) is 4.79 Å². The molecule has 1 aromatic carbocycles. The molecule has 0 unspecified atom stereocenters. The quantitative estimate of drug-likeness (QED) is 0.547. The zero-order valence-electron chi connectivity index (χ0n) is 12.5. The topological polar surface area (TPSA) is 73.5 Å². The minimum Gasteiger partial charge on any atom is -0.465 e. The highest BCUT2D eigenvalue weighted by Gasteiger charge is 2.08. The molecule has 23 heavy (non-hydrogen) atoms. The number of nitrogens with zero attached hydrogens (tertiary/aromatic N) is 3. The summed E-state index contributed by atoms with van der Waals surface area (Å²) < 4.78 is 5.91. The van der Waals surface area contributed by atoms with Crippen LogP contribution in [0.2, 0.25) is 0 Å². The van der Waals surface area contributed by atoms with Crippen molar-refractivity contribution in [1.82, 2.24) is 9.66 Å². The Labute approximate surface area is 135 Å². The zero-order valence-corrected chi connectivity index (χ0v) is 13.3. The lowest BCUT2D eigenvalue weighted by Crippen LogP contribution is -2.19. The second-order valence-corrected chi connectivity index (χ2v) is 5.67. The number of thiophene rings is 1. The standard InChI is InChI=1S/C16H13N3O3S/c1-10-18-14-13(7-8-23-14)15(20)19(10)17-9-11-3-5-12(6-4-11)16(21)22-2/h3-9H,1-2H3/b17-9-. The first kappa shape index (κ1) is 15.1. The van der Waals surface area contributed by atoms with Crippen molar-refractivity contribution in [2.75, 3.05) is 7.11 Å². The molecule has 6 nitrogen and oxygen atoms in total. The van der Waals surface area contributed by atoms with Crippen molar-refractivity contribution in [2.24, 2.45) is 5.10 Å². The molecule has 2 aromatic heterocycles. The molecule has 3 aromatic rings. The van der Waals surface area contributed by atoms with Crippen LogP contribution in [-0.2, 0) is 4.74 Å². The summed E-state index contributed by atoms with van der Waals surface area (Å²) in [5, 5.41) is 6.59. The Bertz CT molecular complexity index is 955. The summed E-state index contributed by atoms with van der Waals surface area (Å²) in [6.45, 7) is 1.73. The highest BCUT2D eigenvalue weighted by molar-refractivity contribution is 7.16. The number of esters is 1. The molecule has 0 atom stereocenters. The average Bonchev–Trinajstić information content (AvgIpc) is 3.03. The zero-order chi connectivity index (χ0) is 16.4. The first-order valence-electron chi connectivity index (χ1n) is 6.80. The summed E-state index contributed by atoms with van der Waals surface area (Å²) in [6, 6.07) is 8.48. The molecule has 0 fully saturated rings. The van der Waals surface area contributed by atoms with Gasteiger partial charge in [0.15, 0.2) is 0 Å². The Kier molecular flexibility index (Phi) is 4.03. The maximum absolute atomic E-state index is 12.4. The van der Waals surface area contributed by atoms with E-state index in [0.717, 1.165) is 5.56 Å². The van der Waals surface area contributed by atoms with E-state index in [0.29, 0.717) is 21.6 Å². The van der Waals surface area contributed by atoms with Crippen LogP contribution in [0.1, 0.15) is 21.7 Å². The van der Waals surface area contributed by atoms with E-state index in [1.54, 1.807) is 43.5 Å². The van der Waals surface area contributed by atoms with Crippen molar-refractivity contribution >= 4 is 33.7 Å². The van der Waals surface area contributed by atoms with E-state index in [1.807, 2.05) is 5.38 Å². The largest absolute Gasteiger partial charge is 0.465 e. The van der Waals surface area contributed by atoms with Gasteiger partial charge in [0.1, 0.15) is 10.7 Å². The number of benzene rings is 1. The Morgan fingerprint density at radius 2 is 2.04 bits per heavy atom. The Morgan fingerprint density at radius 3 is 2.74 bits per heavy atom. The molecular weight excluding hydrogens is 314 g/mol. The Hall–Kier alpha value is -2.80. The van der Waals surface area contributed by atoms with Gasteiger partial charge in [-0.15, -0.1) is 11.3 Å². The molecule has 2 heterocycles. The van der Waals surface area contributed by atoms with Gasteiger partial charge in [0.2, 0.25) is 0 Å². The molecule has 0 spiro atoms. The molecule has 0 aliphatic carbocycles. The number of hydrogen-bond acceptors (Lipinski definition) is 6. The second-order valence-electron chi connectivity index (χ2n) is 4.77. The van der Waals surface area contributed by atoms with Crippen LogP contribution in [-0.4, -0.2) is 29.0 Å². The molecule has 7 heteroatoms. The van der Waals surface area contributed by atoms with E-state index in [4.69, 9.17) is 0 Å². The van der Waals surface area contributed by atoms with Gasteiger partial charge in [-0.2, -0.15) is 9.78 Å². The maximum atomic E-state index is 12.4. The first-order chi connectivity index (χ1) is 11.1. The number of carbonyl (C=O) groups excluding carboxylic acids is 1. The van der Waals surface area contributed by atoms with Gasteiger partial charge < -0.3 is 4.74 Å². The van der Waals surface area contributed by atoms with Crippen molar-refractivity contribution < 1.29 is 9.53 Å². The number of methoxy groups -OCH3 is 1. The molecule has 3 rings (SSSR count). The van der Waals surface area contributed by atoms with Crippen LogP contribution in [0.3, 0.4) is 0 Å². The third kappa shape index (κ3) is 2.91. The molecule has 0 saturated carbocycles. The van der Waals surface area contributed by atoms with Crippen LogP contribution in [0.15, 0.2) is 45.6 Å². The maximum Gasteiger partial charge on any atom is 0.337 e. The van der Waals surface area contributed by atoms with Gasteiger partial charge in [0.25, 0.3) is 5.56 Å². The smallest absolute Gasteiger partial charge is 0.337 e. The van der Waals surface area contributed by atoms with E-state index in [1.165, 1.54) is 23.1 Å². The summed E-state index contributed by atoms with van der Waals surface area (Å²) >= 11 is 1.43. The summed E-state index contributed by atoms with van der Waals surface area (Å²) in [5.74, 6) is 0.125. The van der Waals surface area contributed by atoms with E-state index in [2.05, 4.69) is 14.8 Å². The van der Waals surface area contributed by atoms with E-state index in [-0.39, 0.29) is 5.56 Å². The van der Waals surface area contributed by atoms with Gasteiger partial charge in [-0.05, 0) is 36.1 Å². The fraction of sp³-hybridized carbons (Fsp3) is 0.125. The average molecular weight is 327 g/mol. The van der Waals surface area contributed by atoms with E-state index >= 15 is 0 Å². The van der Waals surface area contributed by atoms with Crippen LogP contribution in [0, 0.1) is 6.92 Å². The van der Waals surface area contributed by atoms with E-state index < -0.39 is 5.97 Å². The predicted octanol–water partition coefficient (Wildman–Crippen LogP) is 2.44. The Morgan fingerprint density at radius 1 is 1.30 bits per heavy atom. The van der Waals surface area contributed by atoms with Crippen LogP contribution in [0.4, 0.5) is 0 Å². The second kappa shape index (κ2) is 6.13.